The molecule has 1 amide bonds. The van der Waals surface area contributed by atoms with Gasteiger partial charge in [0.1, 0.15) is 5.75 Å². The lowest BCUT2D eigenvalue weighted by Crippen LogP contribution is -2.39. The molecule has 1 aromatic rings. The van der Waals surface area contributed by atoms with E-state index in [1.807, 2.05) is 0 Å². The number of ether oxygens (including phenoxy) is 2. The minimum Gasteiger partial charge on any atom is -0.497 e. The summed E-state index contributed by atoms with van der Waals surface area (Å²) in [5.41, 5.74) is 1.41. The molecule has 110 valence electrons. The minimum atomic E-state index is -0.0944. The number of carbonyl (C=O) groups excluding carboxylic acids is 1. The highest BCUT2D eigenvalue weighted by Gasteiger charge is 2.19. The molecular weight excluding hydrogens is 258 g/mol. The minimum absolute atomic E-state index is 0.00468. The van der Waals surface area contributed by atoms with Crippen LogP contribution in [0, 0.1) is 0 Å². The standard InChI is InChI=1S/C15H21NO4/c1-19-13-2-3-14(11(10-13)4-7-17)15(18)16-12-5-8-20-9-6-12/h2-3,10,12,17H,4-9H2,1H3,(H,16,18). The first-order valence-electron chi connectivity index (χ1n) is 6.91. The second-order valence-corrected chi connectivity index (χ2v) is 4.86. The zero-order chi connectivity index (χ0) is 14.4. The van der Waals surface area contributed by atoms with Crippen LogP contribution in [0.2, 0.25) is 0 Å². The van der Waals surface area contributed by atoms with Crippen LogP contribution in [0.5, 0.6) is 5.75 Å². The highest BCUT2D eigenvalue weighted by atomic mass is 16.5. The van der Waals surface area contributed by atoms with Gasteiger partial charge in [-0.25, -0.2) is 0 Å². The maximum atomic E-state index is 12.3. The second-order valence-electron chi connectivity index (χ2n) is 4.86. The Balaban J connectivity index is 2.11. The fourth-order valence-corrected chi connectivity index (χ4v) is 2.35. The van der Waals surface area contributed by atoms with Crippen LogP contribution in [-0.2, 0) is 11.2 Å². The Morgan fingerprint density at radius 2 is 2.20 bits per heavy atom. The van der Waals surface area contributed by atoms with E-state index in [4.69, 9.17) is 14.6 Å². The molecular formula is C15H21NO4. The van der Waals surface area contributed by atoms with Crippen molar-refractivity contribution in [3.63, 3.8) is 0 Å². The third-order valence-corrected chi connectivity index (χ3v) is 3.49. The average molecular weight is 279 g/mol. The molecule has 0 atom stereocenters. The third kappa shape index (κ3) is 3.71. The highest BCUT2D eigenvalue weighted by molar-refractivity contribution is 5.96. The summed E-state index contributed by atoms with van der Waals surface area (Å²) in [6, 6.07) is 5.48. The molecule has 0 bridgehead atoms. The lowest BCUT2D eigenvalue weighted by atomic mass is 10.0. The van der Waals surface area contributed by atoms with Crippen molar-refractivity contribution in [2.45, 2.75) is 25.3 Å². The van der Waals surface area contributed by atoms with Gasteiger partial charge in [0.2, 0.25) is 0 Å². The Hall–Kier alpha value is -1.59. The molecule has 1 aliphatic rings. The maximum Gasteiger partial charge on any atom is 0.251 e. The van der Waals surface area contributed by atoms with Gasteiger partial charge in [0.15, 0.2) is 0 Å². The highest BCUT2D eigenvalue weighted by Crippen LogP contribution is 2.19. The summed E-state index contributed by atoms with van der Waals surface area (Å²) in [4.78, 5) is 12.3. The van der Waals surface area contributed by atoms with E-state index in [9.17, 15) is 4.79 Å². The number of methoxy groups -OCH3 is 1. The van der Waals surface area contributed by atoms with Crippen molar-refractivity contribution in [2.24, 2.45) is 0 Å². The monoisotopic (exact) mass is 279 g/mol. The average Bonchev–Trinajstić information content (AvgIpc) is 2.48. The fraction of sp³-hybridized carbons (Fsp3) is 0.533. The maximum absolute atomic E-state index is 12.3. The van der Waals surface area contributed by atoms with Crippen molar-refractivity contribution in [3.8, 4) is 5.75 Å². The molecule has 2 rings (SSSR count). The first-order valence-corrected chi connectivity index (χ1v) is 6.91. The molecule has 2 N–H and O–H groups in total. The van der Waals surface area contributed by atoms with E-state index in [0.29, 0.717) is 30.9 Å². The van der Waals surface area contributed by atoms with Crippen LogP contribution in [0.1, 0.15) is 28.8 Å². The van der Waals surface area contributed by atoms with Crippen LogP contribution in [0.3, 0.4) is 0 Å². The van der Waals surface area contributed by atoms with Gasteiger partial charge >= 0.3 is 0 Å². The smallest absolute Gasteiger partial charge is 0.251 e. The van der Waals surface area contributed by atoms with Crippen LogP contribution in [-0.4, -0.2) is 44.0 Å². The number of benzene rings is 1. The van der Waals surface area contributed by atoms with Gasteiger partial charge in [-0.3, -0.25) is 4.79 Å². The topological polar surface area (TPSA) is 67.8 Å². The van der Waals surface area contributed by atoms with Crippen molar-refractivity contribution in [3.05, 3.63) is 29.3 Å². The molecule has 5 heteroatoms. The molecule has 0 saturated carbocycles. The normalized spacial score (nSPS) is 15.9. The fourth-order valence-electron chi connectivity index (χ4n) is 2.35. The third-order valence-electron chi connectivity index (χ3n) is 3.49. The Morgan fingerprint density at radius 1 is 1.45 bits per heavy atom. The molecule has 1 heterocycles. The first kappa shape index (κ1) is 14.8. The van der Waals surface area contributed by atoms with Gasteiger partial charge in [-0.2, -0.15) is 0 Å². The number of nitrogens with one attached hydrogen (secondary N) is 1. The molecule has 20 heavy (non-hydrogen) atoms. The molecule has 0 spiro atoms. The summed E-state index contributed by atoms with van der Waals surface area (Å²) in [7, 11) is 1.58. The van der Waals surface area contributed by atoms with Crippen LogP contribution in [0.25, 0.3) is 0 Å². The van der Waals surface area contributed by atoms with E-state index in [1.54, 1.807) is 25.3 Å². The molecule has 1 fully saturated rings. The van der Waals surface area contributed by atoms with E-state index in [1.165, 1.54) is 0 Å². The lowest BCUT2D eigenvalue weighted by Gasteiger charge is -2.23. The molecule has 0 aliphatic carbocycles. The Morgan fingerprint density at radius 3 is 2.85 bits per heavy atom. The lowest BCUT2D eigenvalue weighted by molar-refractivity contribution is 0.0696. The molecule has 0 unspecified atom stereocenters. The van der Waals surface area contributed by atoms with Gasteiger partial charge in [0, 0.05) is 31.4 Å². The molecule has 1 saturated heterocycles. The summed E-state index contributed by atoms with van der Waals surface area (Å²) in [5.74, 6) is 0.596. The molecule has 0 aromatic heterocycles. The summed E-state index contributed by atoms with van der Waals surface area (Å²) in [5, 5.41) is 12.2. The van der Waals surface area contributed by atoms with Crippen LogP contribution < -0.4 is 10.1 Å². The van der Waals surface area contributed by atoms with E-state index < -0.39 is 0 Å². The molecule has 1 aromatic carbocycles. The number of aliphatic hydroxyl groups excluding tert-OH is 1. The van der Waals surface area contributed by atoms with Gasteiger partial charge in [-0.05, 0) is 43.0 Å². The second kappa shape index (κ2) is 7.26. The van der Waals surface area contributed by atoms with Gasteiger partial charge < -0.3 is 19.9 Å². The predicted molar refractivity (Wildman–Crippen MR) is 75.1 cm³/mol. The number of carbonyl (C=O) groups is 1. The largest absolute Gasteiger partial charge is 0.497 e. The summed E-state index contributed by atoms with van der Waals surface area (Å²) in [6.45, 7) is 1.39. The van der Waals surface area contributed by atoms with Gasteiger partial charge in [0.25, 0.3) is 5.91 Å². The Labute approximate surface area is 118 Å². The van der Waals surface area contributed by atoms with Crippen LogP contribution in [0.15, 0.2) is 18.2 Å². The predicted octanol–water partition coefficient (Wildman–Crippen LogP) is 1.14. The van der Waals surface area contributed by atoms with Gasteiger partial charge in [-0.1, -0.05) is 0 Å². The molecule has 0 radical (unpaired) electrons. The van der Waals surface area contributed by atoms with Crippen molar-refractivity contribution < 1.29 is 19.4 Å². The summed E-state index contributed by atoms with van der Waals surface area (Å²) < 4.78 is 10.4. The summed E-state index contributed by atoms with van der Waals surface area (Å²) >= 11 is 0. The first-order chi connectivity index (χ1) is 9.74. The van der Waals surface area contributed by atoms with E-state index in [0.717, 1.165) is 18.4 Å². The number of amides is 1. The van der Waals surface area contributed by atoms with Crippen molar-refractivity contribution in [2.75, 3.05) is 26.9 Å². The van der Waals surface area contributed by atoms with E-state index in [-0.39, 0.29) is 18.6 Å². The van der Waals surface area contributed by atoms with Crippen LogP contribution in [0.4, 0.5) is 0 Å². The Kier molecular flexibility index (Phi) is 5.38. The number of rotatable bonds is 5. The van der Waals surface area contributed by atoms with E-state index in [2.05, 4.69) is 5.32 Å². The van der Waals surface area contributed by atoms with Crippen molar-refractivity contribution in [1.82, 2.24) is 5.32 Å². The van der Waals surface area contributed by atoms with Gasteiger partial charge in [0.05, 0.1) is 7.11 Å². The number of aliphatic hydroxyl groups is 1. The Bertz CT molecular complexity index is 455. The van der Waals surface area contributed by atoms with Crippen molar-refractivity contribution in [1.29, 1.82) is 0 Å². The number of hydrogen-bond donors (Lipinski definition) is 2. The SMILES string of the molecule is COc1ccc(C(=O)NC2CCOCC2)c(CCO)c1. The zero-order valence-corrected chi connectivity index (χ0v) is 11.7. The van der Waals surface area contributed by atoms with Gasteiger partial charge in [-0.15, -0.1) is 0 Å². The zero-order valence-electron chi connectivity index (χ0n) is 11.7. The van der Waals surface area contributed by atoms with Crippen LogP contribution >= 0.6 is 0 Å². The van der Waals surface area contributed by atoms with E-state index >= 15 is 0 Å². The summed E-state index contributed by atoms with van der Waals surface area (Å²) in [6.07, 6.45) is 2.13. The molecule has 1 aliphatic heterocycles. The van der Waals surface area contributed by atoms with Crippen molar-refractivity contribution >= 4 is 5.91 Å². The quantitative estimate of drug-likeness (QED) is 0.848. The molecule has 5 nitrogen and oxygen atoms in total. The number of hydrogen-bond acceptors (Lipinski definition) is 4.